The van der Waals surface area contributed by atoms with Crippen LogP contribution in [-0.4, -0.2) is 15.7 Å². The van der Waals surface area contributed by atoms with Crippen molar-refractivity contribution < 1.29 is 4.79 Å². The van der Waals surface area contributed by atoms with Crippen LogP contribution in [0.25, 0.3) is 11.1 Å². The predicted octanol–water partition coefficient (Wildman–Crippen LogP) is 6.47. The van der Waals surface area contributed by atoms with Gasteiger partial charge in [0.2, 0.25) is 0 Å². The number of anilines is 1. The van der Waals surface area contributed by atoms with E-state index in [1.165, 1.54) is 0 Å². The Morgan fingerprint density at radius 1 is 0.900 bits per heavy atom. The Balaban J connectivity index is 1.46. The summed E-state index contributed by atoms with van der Waals surface area (Å²) in [6.07, 6.45) is 0. The van der Waals surface area contributed by atoms with Crippen LogP contribution in [0.2, 0.25) is 10.0 Å². The zero-order chi connectivity index (χ0) is 21.1. The van der Waals surface area contributed by atoms with Gasteiger partial charge in [-0.1, -0.05) is 71.7 Å². The topological polar surface area (TPSA) is 46.9 Å². The maximum Gasteiger partial charge on any atom is 0.256 e. The number of rotatable bonds is 5. The Labute approximate surface area is 185 Å². The number of hydrogen-bond acceptors (Lipinski definition) is 2. The molecule has 0 atom stereocenters. The van der Waals surface area contributed by atoms with Crippen molar-refractivity contribution in [1.82, 2.24) is 9.78 Å². The molecule has 3 aromatic carbocycles. The van der Waals surface area contributed by atoms with Crippen LogP contribution < -0.4 is 5.32 Å². The molecule has 6 heteroatoms. The average molecular weight is 436 g/mol. The average Bonchev–Trinajstić information content (AvgIpc) is 3.10. The smallest absolute Gasteiger partial charge is 0.256 e. The number of carbonyl (C=O) groups excluding carboxylic acids is 1. The van der Waals surface area contributed by atoms with Crippen molar-refractivity contribution >= 4 is 34.9 Å². The number of hydrogen-bond donors (Lipinski definition) is 1. The third-order valence-corrected chi connectivity index (χ3v) is 5.53. The van der Waals surface area contributed by atoms with Crippen LogP contribution in [0.5, 0.6) is 0 Å². The molecule has 1 amide bonds. The fourth-order valence-corrected chi connectivity index (χ4v) is 3.50. The van der Waals surface area contributed by atoms with Crippen molar-refractivity contribution in [3.8, 4) is 11.1 Å². The van der Waals surface area contributed by atoms with E-state index in [-0.39, 0.29) is 5.91 Å². The fourth-order valence-electron chi connectivity index (χ4n) is 3.18. The number of aryl methyl sites for hydroxylation is 1. The number of carbonyl (C=O) groups is 1. The molecule has 0 aliphatic heterocycles. The summed E-state index contributed by atoms with van der Waals surface area (Å²) in [6, 6.07) is 24.9. The SMILES string of the molecule is Cc1cc(NC(=O)c2ccc(-c3ccccc3)cc2)nn1Cc1ccc(Cl)c(Cl)c1. The standard InChI is InChI=1S/C24H19Cl2N3O/c1-16-13-23(28-29(16)15-17-7-12-21(25)22(26)14-17)27-24(30)20-10-8-19(9-11-20)18-5-3-2-4-6-18/h2-14H,15H2,1H3,(H,27,28,30). The first kappa shape index (κ1) is 20.2. The minimum atomic E-state index is -0.200. The highest BCUT2D eigenvalue weighted by Gasteiger charge is 2.11. The molecule has 0 saturated carbocycles. The third-order valence-electron chi connectivity index (χ3n) is 4.79. The van der Waals surface area contributed by atoms with Gasteiger partial charge in [-0.15, -0.1) is 0 Å². The molecule has 1 aromatic heterocycles. The van der Waals surface area contributed by atoms with Crippen molar-refractivity contribution in [2.24, 2.45) is 0 Å². The van der Waals surface area contributed by atoms with E-state index in [1.807, 2.05) is 84.4 Å². The van der Waals surface area contributed by atoms with Crippen LogP contribution in [0, 0.1) is 6.92 Å². The second-order valence-electron chi connectivity index (χ2n) is 6.97. The van der Waals surface area contributed by atoms with Gasteiger partial charge in [0, 0.05) is 17.3 Å². The number of benzene rings is 3. The number of nitrogens with one attached hydrogen (secondary N) is 1. The molecule has 4 nitrogen and oxygen atoms in total. The quantitative estimate of drug-likeness (QED) is 0.390. The maximum atomic E-state index is 12.6. The zero-order valence-corrected chi connectivity index (χ0v) is 17.8. The van der Waals surface area contributed by atoms with Gasteiger partial charge in [0.1, 0.15) is 0 Å². The van der Waals surface area contributed by atoms with Crippen molar-refractivity contribution in [3.63, 3.8) is 0 Å². The number of halogens is 2. The molecule has 0 spiro atoms. The molecule has 4 aromatic rings. The van der Waals surface area contributed by atoms with E-state index in [4.69, 9.17) is 23.2 Å². The van der Waals surface area contributed by atoms with Gasteiger partial charge in [-0.2, -0.15) is 5.10 Å². The highest BCUT2D eigenvalue weighted by atomic mass is 35.5. The molecule has 0 bridgehead atoms. The highest BCUT2D eigenvalue weighted by Crippen LogP contribution is 2.24. The summed E-state index contributed by atoms with van der Waals surface area (Å²) < 4.78 is 1.81. The minimum absolute atomic E-state index is 0.200. The molecule has 0 aliphatic rings. The molecule has 0 aliphatic carbocycles. The molecule has 0 saturated heterocycles. The molecule has 4 rings (SSSR count). The predicted molar refractivity (Wildman–Crippen MR) is 122 cm³/mol. The van der Waals surface area contributed by atoms with Gasteiger partial charge < -0.3 is 5.32 Å². The van der Waals surface area contributed by atoms with Gasteiger partial charge in [0.15, 0.2) is 5.82 Å². The van der Waals surface area contributed by atoms with E-state index >= 15 is 0 Å². The van der Waals surface area contributed by atoms with E-state index in [2.05, 4.69) is 10.4 Å². The van der Waals surface area contributed by atoms with Crippen molar-refractivity contribution in [3.05, 3.63) is 106 Å². The molecule has 150 valence electrons. The molecule has 30 heavy (non-hydrogen) atoms. The summed E-state index contributed by atoms with van der Waals surface area (Å²) >= 11 is 12.1. The van der Waals surface area contributed by atoms with E-state index in [1.54, 1.807) is 6.07 Å². The first-order chi connectivity index (χ1) is 14.5. The van der Waals surface area contributed by atoms with Crippen LogP contribution >= 0.6 is 23.2 Å². The van der Waals surface area contributed by atoms with Gasteiger partial charge in [0.05, 0.1) is 16.6 Å². The molecule has 0 radical (unpaired) electrons. The number of aromatic nitrogens is 2. The highest BCUT2D eigenvalue weighted by molar-refractivity contribution is 6.42. The molecular formula is C24H19Cl2N3O. The lowest BCUT2D eigenvalue weighted by Gasteiger charge is -2.06. The van der Waals surface area contributed by atoms with Gasteiger partial charge in [-0.3, -0.25) is 9.48 Å². The van der Waals surface area contributed by atoms with Crippen LogP contribution in [0.4, 0.5) is 5.82 Å². The minimum Gasteiger partial charge on any atom is -0.305 e. The van der Waals surface area contributed by atoms with Crippen LogP contribution in [0.3, 0.4) is 0 Å². The second kappa shape index (κ2) is 8.74. The monoisotopic (exact) mass is 435 g/mol. The summed E-state index contributed by atoms with van der Waals surface area (Å²) in [4.78, 5) is 12.6. The second-order valence-corrected chi connectivity index (χ2v) is 7.79. The Hall–Kier alpha value is -3.08. The molecule has 0 unspecified atom stereocenters. The normalized spacial score (nSPS) is 10.8. The summed E-state index contributed by atoms with van der Waals surface area (Å²) in [5, 5.41) is 8.39. The molecule has 0 fully saturated rings. The number of nitrogens with zero attached hydrogens (tertiary/aromatic N) is 2. The third kappa shape index (κ3) is 4.56. The van der Waals surface area contributed by atoms with Gasteiger partial charge >= 0.3 is 0 Å². The van der Waals surface area contributed by atoms with Crippen molar-refractivity contribution in [2.75, 3.05) is 5.32 Å². The molecule has 1 N–H and O–H groups in total. The van der Waals surface area contributed by atoms with Crippen LogP contribution in [0.15, 0.2) is 78.9 Å². The first-order valence-corrected chi connectivity index (χ1v) is 10.2. The first-order valence-electron chi connectivity index (χ1n) is 9.45. The Bertz CT molecular complexity index is 1190. The van der Waals surface area contributed by atoms with Gasteiger partial charge in [-0.05, 0) is 47.9 Å². The van der Waals surface area contributed by atoms with Crippen molar-refractivity contribution in [2.45, 2.75) is 13.5 Å². The maximum absolute atomic E-state index is 12.6. The lowest BCUT2D eigenvalue weighted by atomic mass is 10.0. The molecule has 1 heterocycles. The lowest BCUT2D eigenvalue weighted by molar-refractivity contribution is 0.102. The summed E-state index contributed by atoms with van der Waals surface area (Å²) in [5.41, 5.74) is 4.65. The van der Waals surface area contributed by atoms with Crippen molar-refractivity contribution in [1.29, 1.82) is 0 Å². The van der Waals surface area contributed by atoms with Crippen LogP contribution in [-0.2, 0) is 6.54 Å². The largest absolute Gasteiger partial charge is 0.305 e. The van der Waals surface area contributed by atoms with E-state index < -0.39 is 0 Å². The Morgan fingerprint density at radius 3 is 2.30 bits per heavy atom. The fraction of sp³-hybridized carbons (Fsp3) is 0.0833. The molecular weight excluding hydrogens is 417 g/mol. The Kier molecular flexibility index (Phi) is 5.88. The van der Waals surface area contributed by atoms with Crippen LogP contribution in [0.1, 0.15) is 21.6 Å². The zero-order valence-electron chi connectivity index (χ0n) is 16.3. The summed E-state index contributed by atoms with van der Waals surface area (Å²) in [5.74, 6) is 0.304. The summed E-state index contributed by atoms with van der Waals surface area (Å²) in [6.45, 7) is 2.47. The summed E-state index contributed by atoms with van der Waals surface area (Å²) in [7, 11) is 0. The van der Waals surface area contributed by atoms with E-state index in [9.17, 15) is 4.79 Å². The van der Waals surface area contributed by atoms with Gasteiger partial charge in [-0.25, -0.2) is 0 Å². The van der Waals surface area contributed by atoms with Gasteiger partial charge in [0.25, 0.3) is 5.91 Å². The Morgan fingerprint density at radius 2 is 1.60 bits per heavy atom. The van der Waals surface area contributed by atoms with E-state index in [0.717, 1.165) is 22.4 Å². The lowest BCUT2D eigenvalue weighted by Crippen LogP contribution is -2.13. The van der Waals surface area contributed by atoms with E-state index in [0.29, 0.717) is 28.0 Å². The number of amides is 1.